The van der Waals surface area contributed by atoms with Gasteiger partial charge in [0.2, 0.25) is 11.8 Å². The second-order valence-corrected chi connectivity index (χ2v) is 6.39. The molecule has 2 rings (SSSR count). The number of methoxy groups -OCH3 is 1. The molecule has 11 nitrogen and oxygen atoms in total. The Bertz CT molecular complexity index is 993. The molecule has 0 aliphatic rings. The van der Waals surface area contributed by atoms with Gasteiger partial charge in [-0.05, 0) is 24.6 Å². The van der Waals surface area contributed by atoms with Crippen molar-refractivity contribution in [2.24, 2.45) is 17.6 Å². The fraction of sp³-hybridized carbons (Fsp3) is 0.300. The summed E-state index contributed by atoms with van der Waals surface area (Å²) >= 11 is 0. The van der Waals surface area contributed by atoms with Crippen molar-refractivity contribution in [2.75, 3.05) is 13.7 Å². The zero-order valence-electron chi connectivity index (χ0n) is 17.6. The summed E-state index contributed by atoms with van der Waals surface area (Å²) in [5, 5.41) is 14.3. The van der Waals surface area contributed by atoms with E-state index in [0.29, 0.717) is 17.3 Å². The maximum atomic E-state index is 11.8. The Morgan fingerprint density at radius 3 is 2.87 bits per heavy atom. The molecule has 11 heteroatoms. The van der Waals surface area contributed by atoms with Crippen LogP contribution in [-0.2, 0) is 0 Å². The number of nitrogens with zero attached hydrogens (tertiary/aromatic N) is 5. The van der Waals surface area contributed by atoms with Crippen LogP contribution in [0.2, 0.25) is 0 Å². The molecule has 2 aromatic heterocycles. The van der Waals surface area contributed by atoms with E-state index in [9.17, 15) is 4.79 Å². The van der Waals surface area contributed by atoms with Crippen LogP contribution in [-0.4, -0.2) is 39.5 Å². The Labute approximate surface area is 180 Å². The van der Waals surface area contributed by atoms with E-state index in [4.69, 9.17) is 26.4 Å². The Kier molecular flexibility index (Phi) is 8.56. The van der Waals surface area contributed by atoms with Gasteiger partial charge >= 0.3 is 6.03 Å². The summed E-state index contributed by atoms with van der Waals surface area (Å²) in [6.07, 6.45) is 8.01. The number of allylic oxidation sites excluding steroid dienone is 3. The van der Waals surface area contributed by atoms with Crippen LogP contribution < -0.4 is 26.6 Å². The molecule has 0 aliphatic carbocycles. The minimum absolute atomic E-state index is 0.205. The molecule has 1 atom stereocenters. The van der Waals surface area contributed by atoms with Crippen molar-refractivity contribution in [3.8, 4) is 23.5 Å². The highest BCUT2D eigenvalue weighted by Crippen LogP contribution is 2.22. The lowest BCUT2D eigenvalue weighted by Gasteiger charge is -2.24. The number of nitriles is 1. The second-order valence-electron chi connectivity index (χ2n) is 6.39. The van der Waals surface area contributed by atoms with Crippen molar-refractivity contribution in [2.45, 2.75) is 20.3 Å². The summed E-state index contributed by atoms with van der Waals surface area (Å²) in [4.78, 5) is 15.9. The molecule has 2 amide bonds. The van der Waals surface area contributed by atoms with Crippen molar-refractivity contribution < 1.29 is 14.3 Å². The number of carbonyl (C=O) groups excluding carboxylic acids is 1. The fourth-order valence-corrected chi connectivity index (χ4v) is 2.61. The standard InChI is InChI=1S/C20H26N8O3/c1-4-5-6-7-16(28(23)20(29)25-22)14(2)13-31-18-10-11-27(26-18)17-9-8-15(12-21)24-19(17)30-3/h5-11,14H,4,13,22-23H2,1-3H3,(H,25,29)/b6-5-,16-7+. The minimum atomic E-state index is -0.646. The molecule has 0 bridgehead atoms. The van der Waals surface area contributed by atoms with Gasteiger partial charge in [0.05, 0.1) is 13.7 Å². The molecule has 2 heterocycles. The normalized spacial score (nSPS) is 12.3. The Hall–Kier alpha value is -3.88. The number of rotatable bonds is 9. The van der Waals surface area contributed by atoms with Crippen LogP contribution in [0.5, 0.6) is 11.8 Å². The highest BCUT2D eigenvalue weighted by molar-refractivity contribution is 5.74. The molecule has 31 heavy (non-hydrogen) atoms. The number of nitrogens with one attached hydrogen (secondary N) is 1. The number of hydrogen-bond donors (Lipinski definition) is 3. The van der Waals surface area contributed by atoms with Gasteiger partial charge in [0.1, 0.15) is 17.5 Å². The van der Waals surface area contributed by atoms with Crippen LogP contribution in [0.1, 0.15) is 26.0 Å². The SMILES string of the molecule is CC/C=C\C=C(/C(C)COc1ccn(-c2ccc(C#N)nc2OC)n1)N(N)C(=O)NN. The van der Waals surface area contributed by atoms with Gasteiger partial charge in [-0.1, -0.05) is 26.0 Å². The molecule has 0 radical (unpaired) electrons. The predicted molar refractivity (Wildman–Crippen MR) is 114 cm³/mol. The average molecular weight is 426 g/mol. The fourth-order valence-electron chi connectivity index (χ4n) is 2.61. The quantitative estimate of drug-likeness (QED) is 0.237. The number of urea groups is 1. The van der Waals surface area contributed by atoms with E-state index in [0.717, 1.165) is 11.4 Å². The van der Waals surface area contributed by atoms with Crippen LogP contribution in [0.25, 0.3) is 5.69 Å². The molecule has 1 unspecified atom stereocenters. The summed E-state index contributed by atoms with van der Waals surface area (Å²) < 4.78 is 12.6. The van der Waals surface area contributed by atoms with E-state index in [-0.39, 0.29) is 24.1 Å². The molecule has 5 N–H and O–H groups in total. The molecule has 164 valence electrons. The molecular formula is C20H26N8O3. The third-order valence-electron chi connectivity index (χ3n) is 4.20. The minimum Gasteiger partial charge on any atom is -0.479 e. The van der Waals surface area contributed by atoms with Crippen molar-refractivity contribution in [1.82, 2.24) is 25.2 Å². The molecule has 0 saturated carbocycles. The highest BCUT2D eigenvalue weighted by atomic mass is 16.5. The third-order valence-corrected chi connectivity index (χ3v) is 4.20. The molecule has 0 saturated heterocycles. The van der Waals surface area contributed by atoms with Crippen molar-refractivity contribution in [3.05, 3.63) is 54.0 Å². The highest BCUT2D eigenvalue weighted by Gasteiger charge is 2.20. The maximum absolute atomic E-state index is 11.8. The Balaban J connectivity index is 2.15. The van der Waals surface area contributed by atoms with Crippen molar-refractivity contribution in [1.29, 1.82) is 5.26 Å². The van der Waals surface area contributed by atoms with Gasteiger partial charge in [0.15, 0.2) is 0 Å². The number of hydrazine groups is 2. The number of ether oxygens (including phenoxy) is 2. The first kappa shape index (κ1) is 23.4. The average Bonchev–Trinajstić information content (AvgIpc) is 3.27. The molecular weight excluding hydrogens is 400 g/mol. The maximum Gasteiger partial charge on any atom is 0.350 e. The van der Waals surface area contributed by atoms with Crippen molar-refractivity contribution in [3.63, 3.8) is 0 Å². The first-order chi connectivity index (χ1) is 14.9. The van der Waals surface area contributed by atoms with Gasteiger partial charge in [-0.15, -0.1) is 5.10 Å². The largest absolute Gasteiger partial charge is 0.479 e. The third kappa shape index (κ3) is 6.05. The second kappa shape index (κ2) is 11.3. The molecule has 0 aliphatic heterocycles. The van der Waals surface area contributed by atoms with Gasteiger partial charge in [-0.25, -0.2) is 31.2 Å². The van der Waals surface area contributed by atoms with Gasteiger partial charge in [-0.3, -0.25) is 5.43 Å². The van der Waals surface area contributed by atoms with Crippen LogP contribution in [0.3, 0.4) is 0 Å². The zero-order chi connectivity index (χ0) is 22.8. The van der Waals surface area contributed by atoms with Gasteiger partial charge in [0, 0.05) is 23.9 Å². The van der Waals surface area contributed by atoms with Crippen LogP contribution in [0, 0.1) is 17.2 Å². The molecule has 2 aromatic rings. The van der Waals surface area contributed by atoms with Crippen molar-refractivity contribution >= 4 is 6.03 Å². The molecule has 0 spiro atoms. The van der Waals surface area contributed by atoms with Crippen LogP contribution in [0.4, 0.5) is 4.79 Å². The van der Waals surface area contributed by atoms with Crippen LogP contribution in [0.15, 0.2) is 48.3 Å². The van der Waals surface area contributed by atoms with E-state index in [1.54, 1.807) is 30.5 Å². The monoisotopic (exact) mass is 426 g/mol. The van der Waals surface area contributed by atoms with E-state index in [2.05, 4.69) is 10.1 Å². The number of nitrogens with two attached hydrogens (primary N) is 2. The lowest BCUT2D eigenvalue weighted by atomic mass is 10.1. The summed E-state index contributed by atoms with van der Waals surface area (Å²) in [6.45, 7) is 4.06. The first-order valence-electron chi connectivity index (χ1n) is 9.51. The molecule has 0 fully saturated rings. The van der Waals surface area contributed by atoms with E-state index in [1.807, 2.05) is 37.5 Å². The lowest BCUT2D eigenvalue weighted by molar-refractivity contribution is 0.197. The summed E-state index contributed by atoms with van der Waals surface area (Å²) in [7, 11) is 1.46. The smallest absolute Gasteiger partial charge is 0.350 e. The number of pyridine rings is 1. The van der Waals surface area contributed by atoms with E-state index < -0.39 is 6.03 Å². The van der Waals surface area contributed by atoms with E-state index in [1.165, 1.54) is 11.8 Å². The summed E-state index contributed by atoms with van der Waals surface area (Å²) in [6, 6.07) is 6.25. The summed E-state index contributed by atoms with van der Waals surface area (Å²) in [5.74, 6) is 11.4. The Morgan fingerprint density at radius 2 is 2.23 bits per heavy atom. The number of aromatic nitrogens is 3. The van der Waals surface area contributed by atoms with Gasteiger partial charge in [-0.2, -0.15) is 5.26 Å². The Morgan fingerprint density at radius 1 is 1.45 bits per heavy atom. The van der Waals surface area contributed by atoms with Crippen LogP contribution >= 0.6 is 0 Å². The van der Waals surface area contributed by atoms with Gasteiger partial charge < -0.3 is 9.47 Å². The summed E-state index contributed by atoms with van der Waals surface area (Å²) in [5.41, 5.74) is 3.32. The first-order valence-corrected chi connectivity index (χ1v) is 9.51. The van der Waals surface area contributed by atoms with E-state index >= 15 is 0 Å². The topological polar surface area (TPSA) is 157 Å². The number of carbonyl (C=O) groups is 1. The number of amides is 2. The zero-order valence-corrected chi connectivity index (χ0v) is 17.6. The predicted octanol–water partition coefficient (Wildman–Crippen LogP) is 1.77. The lowest BCUT2D eigenvalue weighted by Crippen LogP contribution is -2.48. The molecule has 0 aromatic carbocycles. The number of hydrogen-bond acceptors (Lipinski definition) is 8. The van der Waals surface area contributed by atoms with Gasteiger partial charge in [0.25, 0.3) is 0 Å².